The van der Waals surface area contributed by atoms with Gasteiger partial charge in [0.1, 0.15) is 11.6 Å². The van der Waals surface area contributed by atoms with Gasteiger partial charge < -0.3 is 4.74 Å². The summed E-state index contributed by atoms with van der Waals surface area (Å²) in [7, 11) is -4.08. The molecule has 0 aliphatic carbocycles. The molecular weight excluding hydrogens is 390 g/mol. The fraction of sp³-hybridized carbons (Fsp3) is 0.294. The van der Waals surface area contributed by atoms with Gasteiger partial charge in [0, 0.05) is 24.7 Å². The van der Waals surface area contributed by atoms with Crippen LogP contribution in [-0.4, -0.2) is 32.9 Å². The van der Waals surface area contributed by atoms with E-state index >= 15 is 0 Å². The van der Waals surface area contributed by atoms with Crippen LogP contribution in [-0.2, 0) is 14.4 Å². The summed E-state index contributed by atoms with van der Waals surface area (Å²) in [6.07, 6.45) is -4.11. The van der Waals surface area contributed by atoms with E-state index in [0.29, 0.717) is 24.7 Å². The molecule has 3 rings (SSSR count). The van der Waals surface area contributed by atoms with Gasteiger partial charge in [-0.15, -0.1) is 13.2 Å². The van der Waals surface area contributed by atoms with Crippen LogP contribution < -0.4 is 4.74 Å². The molecule has 0 N–H and O–H groups in total. The van der Waals surface area contributed by atoms with Crippen LogP contribution in [0.3, 0.4) is 0 Å². The predicted molar refractivity (Wildman–Crippen MR) is 87.7 cm³/mol. The van der Waals surface area contributed by atoms with E-state index in [1.165, 1.54) is 23.3 Å². The molecule has 0 radical (unpaired) electrons. The van der Waals surface area contributed by atoms with Crippen LogP contribution in [0, 0.1) is 12.7 Å². The molecule has 1 aliphatic heterocycles. The zero-order chi connectivity index (χ0) is 19.8. The Bertz CT molecular complexity index is 956. The summed E-state index contributed by atoms with van der Waals surface area (Å²) in [6.45, 7) is 2.61. The van der Waals surface area contributed by atoms with Crippen molar-refractivity contribution in [3.8, 4) is 16.9 Å². The largest absolute Gasteiger partial charge is 0.573 e. The van der Waals surface area contributed by atoms with Gasteiger partial charge in [0.15, 0.2) is 0 Å². The van der Waals surface area contributed by atoms with Gasteiger partial charge in [0.05, 0.1) is 4.90 Å². The first-order valence-corrected chi connectivity index (χ1v) is 9.32. The van der Waals surface area contributed by atoms with Crippen molar-refractivity contribution >= 4 is 10.1 Å². The molecule has 0 spiro atoms. The molecular formula is C17H15F4NO4S. The van der Waals surface area contributed by atoms with E-state index in [0.717, 1.165) is 18.6 Å². The lowest BCUT2D eigenvalue weighted by Crippen LogP contribution is -2.38. The maximum Gasteiger partial charge on any atom is 0.573 e. The molecule has 10 heteroatoms. The molecule has 146 valence electrons. The summed E-state index contributed by atoms with van der Waals surface area (Å²) in [5, 5.41) is 1.29. The Kier molecular flexibility index (Phi) is 5.15. The highest BCUT2D eigenvalue weighted by atomic mass is 32.2. The zero-order valence-electron chi connectivity index (χ0n) is 14.1. The molecule has 1 saturated heterocycles. The number of nitrogens with zero attached hydrogens (tertiary/aromatic N) is 1. The number of benzene rings is 2. The van der Waals surface area contributed by atoms with Crippen molar-refractivity contribution in [2.45, 2.75) is 24.6 Å². The Labute approximate surface area is 153 Å². The van der Waals surface area contributed by atoms with Crippen molar-refractivity contribution in [2.75, 3.05) is 13.1 Å². The number of hydrogen-bond acceptors (Lipinski definition) is 5. The molecule has 0 bridgehead atoms. The molecule has 2 aromatic rings. The van der Waals surface area contributed by atoms with Gasteiger partial charge >= 0.3 is 16.5 Å². The Morgan fingerprint density at radius 1 is 1.04 bits per heavy atom. The number of hydrogen-bond donors (Lipinski definition) is 0. The fourth-order valence-corrected chi connectivity index (χ4v) is 3.51. The number of rotatable bonds is 5. The van der Waals surface area contributed by atoms with Gasteiger partial charge in [-0.05, 0) is 48.7 Å². The summed E-state index contributed by atoms with van der Waals surface area (Å²) in [4.78, 5) is -0.176. The number of ether oxygens (including phenoxy) is 1. The minimum Gasteiger partial charge on any atom is -0.406 e. The van der Waals surface area contributed by atoms with E-state index in [-0.39, 0.29) is 16.0 Å². The quantitative estimate of drug-likeness (QED) is 0.704. The van der Waals surface area contributed by atoms with E-state index in [1.807, 2.05) is 0 Å². The van der Waals surface area contributed by atoms with Crippen LogP contribution in [0.25, 0.3) is 11.1 Å². The monoisotopic (exact) mass is 405 g/mol. The second-order valence-corrected chi connectivity index (χ2v) is 7.51. The Morgan fingerprint density at radius 2 is 1.74 bits per heavy atom. The van der Waals surface area contributed by atoms with Crippen LogP contribution >= 0.6 is 0 Å². The normalized spacial score (nSPS) is 15.4. The fourth-order valence-electron chi connectivity index (χ4n) is 2.50. The highest BCUT2D eigenvalue weighted by Crippen LogP contribution is 2.33. The third-order valence-electron chi connectivity index (χ3n) is 3.98. The first-order valence-electron chi connectivity index (χ1n) is 7.91. The lowest BCUT2D eigenvalue weighted by molar-refractivity contribution is -0.274. The number of aryl methyl sites for hydroxylation is 1. The number of hydroxylamine groups is 2. The molecule has 0 unspecified atom stereocenters. The summed E-state index contributed by atoms with van der Waals surface area (Å²) in [6, 6.07) is 6.69. The molecule has 1 heterocycles. The maximum atomic E-state index is 14.4. The highest BCUT2D eigenvalue weighted by molar-refractivity contribution is 7.86. The first kappa shape index (κ1) is 19.6. The predicted octanol–water partition coefficient (Wildman–Crippen LogP) is 4.03. The summed E-state index contributed by atoms with van der Waals surface area (Å²) >= 11 is 0. The van der Waals surface area contributed by atoms with E-state index in [9.17, 15) is 26.0 Å². The van der Waals surface area contributed by atoms with Gasteiger partial charge in [-0.2, -0.15) is 17.8 Å². The summed E-state index contributed by atoms with van der Waals surface area (Å²) in [5.41, 5.74) is 0.712. The standard InChI is InChI=1S/C17H15F4NO4S/c1-11-3-5-13(27(23,24)26-22-7-2-8-22)10-15(11)14-6-4-12(9-16(14)18)25-17(19,20)21/h3-6,9-10H,2,7-8H2,1H3. The van der Waals surface area contributed by atoms with Crippen LogP contribution in [0.15, 0.2) is 41.3 Å². The number of alkyl halides is 3. The van der Waals surface area contributed by atoms with E-state index in [2.05, 4.69) is 4.74 Å². The van der Waals surface area contributed by atoms with Crippen molar-refractivity contribution in [3.05, 3.63) is 47.8 Å². The molecule has 1 fully saturated rings. The lowest BCUT2D eigenvalue weighted by atomic mass is 10.00. The van der Waals surface area contributed by atoms with Crippen molar-refractivity contribution in [1.29, 1.82) is 0 Å². The van der Waals surface area contributed by atoms with Crippen molar-refractivity contribution in [1.82, 2.24) is 5.06 Å². The molecule has 5 nitrogen and oxygen atoms in total. The minimum absolute atomic E-state index is 0.0528. The average molecular weight is 405 g/mol. The molecule has 0 saturated carbocycles. The third kappa shape index (κ3) is 4.57. The maximum absolute atomic E-state index is 14.4. The average Bonchev–Trinajstić information content (AvgIpc) is 2.50. The molecule has 27 heavy (non-hydrogen) atoms. The van der Waals surface area contributed by atoms with Gasteiger partial charge in [-0.3, -0.25) is 0 Å². The smallest absolute Gasteiger partial charge is 0.406 e. The highest BCUT2D eigenvalue weighted by Gasteiger charge is 2.31. The number of halogens is 4. The van der Waals surface area contributed by atoms with E-state index in [1.54, 1.807) is 6.92 Å². The topological polar surface area (TPSA) is 55.8 Å². The van der Waals surface area contributed by atoms with Gasteiger partial charge in [-0.1, -0.05) is 6.07 Å². The zero-order valence-corrected chi connectivity index (χ0v) is 14.9. The van der Waals surface area contributed by atoms with Crippen LogP contribution in [0.4, 0.5) is 17.6 Å². The summed E-state index contributed by atoms with van der Waals surface area (Å²) in [5.74, 6) is -1.68. The van der Waals surface area contributed by atoms with E-state index in [4.69, 9.17) is 4.28 Å². The second-order valence-electron chi connectivity index (χ2n) is 5.98. The molecule has 1 aliphatic rings. The first-order chi connectivity index (χ1) is 12.5. The second kappa shape index (κ2) is 7.10. The van der Waals surface area contributed by atoms with Gasteiger partial charge in [0.25, 0.3) is 0 Å². The van der Waals surface area contributed by atoms with Crippen molar-refractivity contribution < 1.29 is 35.0 Å². The summed E-state index contributed by atoms with van der Waals surface area (Å²) < 4.78 is 84.4. The molecule has 0 amide bonds. The minimum atomic E-state index is -4.94. The molecule has 0 atom stereocenters. The van der Waals surface area contributed by atoms with Gasteiger partial charge in [0.2, 0.25) is 0 Å². The lowest BCUT2D eigenvalue weighted by Gasteiger charge is -2.28. The Balaban J connectivity index is 1.94. The van der Waals surface area contributed by atoms with Crippen LogP contribution in [0.5, 0.6) is 5.75 Å². The molecule has 0 aromatic heterocycles. The van der Waals surface area contributed by atoms with Crippen LogP contribution in [0.1, 0.15) is 12.0 Å². The third-order valence-corrected chi connectivity index (χ3v) is 5.22. The SMILES string of the molecule is Cc1ccc(S(=O)(=O)ON2CCC2)cc1-c1ccc(OC(F)(F)F)cc1F. The van der Waals surface area contributed by atoms with Crippen molar-refractivity contribution in [3.63, 3.8) is 0 Å². The Hall–Kier alpha value is -2.17. The van der Waals surface area contributed by atoms with Crippen LogP contribution in [0.2, 0.25) is 0 Å². The van der Waals surface area contributed by atoms with Gasteiger partial charge in [-0.25, -0.2) is 4.39 Å². The molecule has 2 aromatic carbocycles. The van der Waals surface area contributed by atoms with Crippen molar-refractivity contribution in [2.24, 2.45) is 0 Å². The van der Waals surface area contributed by atoms with E-state index < -0.39 is 28.0 Å². The Morgan fingerprint density at radius 3 is 2.30 bits per heavy atom.